The standard InChI is InChI=1S/C27H31ClN2O4S/c1-18-5-7-20(8-6-18)17-30-14-13-21-15-25(33-3)26(34-4)16-24(21)27(30)19(2)29-35(31,32)23-11-9-22(28)10-12-23/h5-12,15-16,19,27,29H,13-14,17H2,1-4H3/t19-,27-/m0/s1. The molecular weight excluding hydrogens is 484 g/mol. The third-order valence-electron chi connectivity index (χ3n) is 6.47. The van der Waals surface area contributed by atoms with Gasteiger partial charge in [0.2, 0.25) is 10.0 Å². The van der Waals surface area contributed by atoms with E-state index in [4.69, 9.17) is 21.1 Å². The van der Waals surface area contributed by atoms with Crippen molar-refractivity contribution >= 4 is 21.6 Å². The van der Waals surface area contributed by atoms with Crippen molar-refractivity contribution in [3.8, 4) is 11.5 Å². The first-order chi connectivity index (χ1) is 16.7. The molecule has 6 nitrogen and oxygen atoms in total. The molecule has 0 saturated carbocycles. The van der Waals surface area contributed by atoms with Gasteiger partial charge in [-0.2, -0.15) is 0 Å². The lowest BCUT2D eigenvalue weighted by Gasteiger charge is -2.41. The lowest BCUT2D eigenvalue weighted by Crippen LogP contribution is -2.47. The van der Waals surface area contributed by atoms with Crippen LogP contribution in [0.1, 0.15) is 35.2 Å². The zero-order valence-corrected chi connectivity index (χ0v) is 22.0. The van der Waals surface area contributed by atoms with Crippen LogP contribution in [0.25, 0.3) is 0 Å². The van der Waals surface area contributed by atoms with Gasteiger partial charge >= 0.3 is 0 Å². The Morgan fingerprint density at radius 3 is 2.29 bits per heavy atom. The normalized spacial score (nSPS) is 17.0. The number of benzene rings is 3. The van der Waals surface area contributed by atoms with E-state index in [1.54, 1.807) is 26.4 Å². The molecule has 1 heterocycles. The fraction of sp³-hybridized carbons (Fsp3) is 0.333. The number of methoxy groups -OCH3 is 2. The first-order valence-corrected chi connectivity index (χ1v) is 13.4. The molecule has 35 heavy (non-hydrogen) atoms. The van der Waals surface area contributed by atoms with Gasteiger partial charge in [-0.1, -0.05) is 41.4 Å². The third kappa shape index (κ3) is 5.64. The lowest BCUT2D eigenvalue weighted by atomic mass is 9.88. The number of nitrogens with zero attached hydrogens (tertiary/aromatic N) is 1. The monoisotopic (exact) mass is 514 g/mol. The van der Waals surface area contributed by atoms with Crippen LogP contribution in [0.15, 0.2) is 65.6 Å². The number of halogens is 1. The molecule has 1 N–H and O–H groups in total. The summed E-state index contributed by atoms with van der Waals surface area (Å²) in [5.74, 6) is 1.30. The SMILES string of the molecule is COc1cc2c(cc1OC)[C@H]([C@H](C)NS(=O)(=O)c1ccc(Cl)cc1)N(Cc1ccc(C)cc1)CC2. The predicted molar refractivity (Wildman–Crippen MR) is 139 cm³/mol. The Kier molecular flexibility index (Phi) is 7.71. The highest BCUT2D eigenvalue weighted by Gasteiger charge is 2.35. The van der Waals surface area contributed by atoms with Crippen LogP contribution in [-0.4, -0.2) is 40.1 Å². The molecule has 1 aliphatic rings. The average molecular weight is 515 g/mol. The van der Waals surface area contributed by atoms with E-state index in [-0.39, 0.29) is 10.9 Å². The van der Waals surface area contributed by atoms with E-state index >= 15 is 0 Å². The zero-order chi connectivity index (χ0) is 25.2. The molecular formula is C27H31ClN2O4S. The Morgan fingerprint density at radius 2 is 1.66 bits per heavy atom. The first-order valence-electron chi connectivity index (χ1n) is 11.5. The number of rotatable bonds is 8. The predicted octanol–water partition coefficient (Wildman–Crippen LogP) is 5.13. The number of aryl methyl sites for hydroxylation is 1. The maximum Gasteiger partial charge on any atom is 0.240 e. The smallest absolute Gasteiger partial charge is 0.240 e. The van der Waals surface area contributed by atoms with E-state index in [1.807, 2.05) is 19.1 Å². The van der Waals surface area contributed by atoms with Gasteiger partial charge in [-0.15, -0.1) is 0 Å². The molecule has 0 aliphatic carbocycles. The second-order valence-electron chi connectivity index (χ2n) is 8.92. The highest BCUT2D eigenvalue weighted by Crippen LogP contribution is 2.40. The minimum absolute atomic E-state index is 0.183. The second kappa shape index (κ2) is 10.6. The minimum atomic E-state index is -3.75. The van der Waals surface area contributed by atoms with Crippen molar-refractivity contribution < 1.29 is 17.9 Å². The van der Waals surface area contributed by atoms with Gasteiger partial charge < -0.3 is 9.47 Å². The number of sulfonamides is 1. The van der Waals surface area contributed by atoms with Crippen LogP contribution >= 0.6 is 11.6 Å². The molecule has 3 aromatic carbocycles. The van der Waals surface area contributed by atoms with Gasteiger partial charge in [-0.05, 0) is 73.4 Å². The molecule has 0 spiro atoms. The first kappa shape index (κ1) is 25.5. The third-order valence-corrected chi connectivity index (χ3v) is 8.30. The number of hydrogen-bond acceptors (Lipinski definition) is 5. The van der Waals surface area contributed by atoms with Crippen molar-refractivity contribution in [2.75, 3.05) is 20.8 Å². The van der Waals surface area contributed by atoms with Crippen LogP contribution in [0.2, 0.25) is 5.02 Å². The van der Waals surface area contributed by atoms with Gasteiger partial charge in [0.1, 0.15) is 0 Å². The maximum absolute atomic E-state index is 13.2. The van der Waals surface area contributed by atoms with Crippen molar-refractivity contribution in [2.24, 2.45) is 0 Å². The van der Waals surface area contributed by atoms with Crippen LogP contribution in [0.3, 0.4) is 0 Å². The Labute approximate surface area is 212 Å². The molecule has 186 valence electrons. The summed E-state index contributed by atoms with van der Waals surface area (Å²) >= 11 is 5.96. The topological polar surface area (TPSA) is 67.9 Å². The largest absolute Gasteiger partial charge is 0.493 e. The molecule has 2 atom stereocenters. The summed E-state index contributed by atoms with van der Waals surface area (Å²) in [7, 11) is -0.518. The molecule has 8 heteroatoms. The molecule has 0 bridgehead atoms. The molecule has 0 amide bonds. The van der Waals surface area contributed by atoms with E-state index in [0.717, 1.165) is 24.1 Å². The van der Waals surface area contributed by atoms with Gasteiger partial charge in [0, 0.05) is 24.2 Å². The molecule has 3 aromatic rings. The zero-order valence-electron chi connectivity index (χ0n) is 20.4. The number of hydrogen-bond donors (Lipinski definition) is 1. The average Bonchev–Trinajstić information content (AvgIpc) is 2.84. The number of fused-ring (bicyclic) bond motifs is 1. The van der Waals surface area contributed by atoms with Crippen molar-refractivity contribution in [3.63, 3.8) is 0 Å². The summed E-state index contributed by atoms with van der Waals surface area (Å²) in [6, 6.07) is 18.0. The van der Waals surface area contributed by atoms with Crippen molar-refractivity contribution in [1.82, 2.24) is 9.62 Å². The fourth-order valence-corrected chi connectivity index (χ4v) is 6.09. The molecule has 0 saturated heterocycles. The van der Waals surface area contributed by atoms with Gasteiger partial charge in [0.05, 0.1) is 25.2 Å². The van der Waals surface area contributed by atoms with Gasteiger partial charge in [0.15, 0.2) is 11.5 Å². The lowest BCUT2D eigenvalue weighted by molar-refractivity contribution is 0.150. The van der Waals surface area contributed by atoms with E-state index in [2.05, 4.69) is 40.8 Å². The fourth-order valence-electron chi connectivity index (χ4n) is 4.71. The summed E-state index contributed by atoms with van der Waals surface area (Å²) < 4.78 is 40.4. The van der Waals surface area contributed by atoms with E-state index in [1.165, 1.54) is 23.3 Å². The Morgan fingerprint density at radius 1 is 1.03 bits per heavy atom. The van der Waals surface area contributed by atoms with E-state index in [9.17, 15) is 8.42 Å². The van der Waals surface area contributed by atoms with Crippen LogP contribution in [0.5, 0.6) is 11.5 Å². The van der Waals surface area contributed by atoms with Crippen LogP contribution in [0, 0.1) is 6.92 Å². The molecule has 0 unspecified atom stereocenters. The highest BCUT2D eigenvalue weighted by atomic mass is 35.5. The molecule has 0 radical (unpaired) electrons. The Hall–Kier alpha value is -2.58. The molecule has 4 rings (SSSR count). The molecule has 0 fully saturated rings. The maximum atomic E-state index is 13.2. The van der Waals surface area contributed by atoms with Crippen LogP contribution in [-0.2, 0) is 23.0 Å². The number of nitrogens with one attached hydrogen (secondary N) is 1. The Balaban J connectivity index is 1.71. The molecule has 1 aliphatic heterocycles. The van der Waals surface area contributed by atoms with E-state index in [0.29, 0.717) is 23.1 Å². The summed E-state index contributed by atoms with van der Waals surface area (Å²) in [4.78, 5) is 2.51. The quantitative estimate of drug-likeness (QED) is 0.451. The summed E-state index contributed by atoms with van der Waals surface area (Å²) in [6.07, 6.45) is 0.828. The van der Waals surface area contributed by atoms with E-state index < -0.39 is 16.1 Å². The van der Waals surface area contributed by atoms with Crippen LogP contribution in [0.4, 0.5) is 0 Å². The number of ether oxygens (including phenoxy) is 2. The minimum Gasteiger partial charge on any atom is -0.493 e. The van der Waals surface area contributed by atoms with Crippen molar-refractivity contribution in [3.05, 3.63) is 87.9 Å². The van der Waals surface area contributed by atoms with Crippen LogP contribution < -0.4 is 14.2 Å². The Bertz CT molecular complexity index is 1280. The summed E-state index contributed by atoms with van der Waals surface area (Å²) in [6.45, 7) is 5.46. The van der Waals surface area contributed by atoms with Gasteiger partial charge in [-0.3, -0.25) is 4.90 Å². The van der Waals surface area contributed by atoms with Crippen molar-refractivity contribution in [2.45, 2.75) is 43.8 Å². The van der Waals surface area contributed by atoms with Gasteiger partial charge in [-0.25, -0.2) is 13.1 Å². The second-order valence-corrected chi connectivity index (χ2v) is 11.1. The summed E-state index contributed by atoms with van der Waals surface area (Å²) in [5, 5.41) is 0.489. The van der Waals surface area contributed by atoms with Gasteiger partial charge in [0.25, 0.3) is 0 Å². The van der Waals surface area contributed by atoms with Crippen molar-refractivity contribution in [1.29, 1.82) is 0 Å². The highest BCUT2D eigenvalue weighted by molar-refractivity contribution is 7.89. The molecule has 0 aromatic heterocycles. The summed E-state index contributed by atoms with van der Waals surface area (Å²) in [5.41, 5.74) is 4.55.